The molecule has 1 aliphatic rings. The molecule has 0 saturated carbocycles. The van der Waals surface area contributed by atoms with Crippen molar-refractivity contribution in [2.24, 2.45) is 0 Å². The van der Waals surface area contributed by atoms with Crippen LogP contribution in [0.1, 0.15) is 23.5 Å². The largest absolute Gasteiger partial charge is 0.320 e. The third-order valence-corrected chi connectivity index (χ3v) is 6.29. The molecule has 0 radical (unpaired) electrons. The van der Waals surface area contributed by atoms with Gasteiger partial charge in [0.1, 0.15) is 0 Å². The number of hydrogen-bond donors (Lipinski definition) is 1. The molecule has 1 aliphatic heterocycles. The highest BCUT2D eigenvalue weighted by Gasteiger charge is 2.29. The van der Waals surface area contributed by atoms with Crippen molar-refractivity contribution in [2.45, 2.75) is 18.1 Å². The number of benzene rings is 2. The Balaban J connectivity index is 1.88. The number of carbonyl (C=O) groups excluding carboxylic acids is 1. The van der Waals surface area contributed by atoms with Crippen molar-refractivity contribution in [3.05, 3.63) is 78.7 Å². The molecule has 2 aromatic carbocycles. The van der Waals surface area contributed by atoms with Crippen LogP contribution < -0.4 is 5.32 Å². The van der Waals surface area contributed by atoms with Crippen LogP contribution in [0, 0.1) is 11.3 Å². The van der Waals surface area contributed by atoms with Crippen molar-refractivity contribution in [3.63, 3.8) is 0 Å². The van der Waals surface area contributed by atoms with E-state index in [4.69, 9.17) is 23.2 Å². The molecular weight excluding hydrogens is 455 g/mol. The van der Waals surface area contributed by atoms with Gasteiger partial charge in [-0.2, -0.15) is 5.26 Å². The molecule has 1 atom stereocenters. The van der Waals surface area contributed by atoms with Crippen molar-refractivity contribution in [3.8, 4) is 6.07 Å². The van der Waals surface area contributed by atoms with Gasteiger partial charge in [0, 0.05) is 22.6 Å². The molecule has 0 fully saturated rings. The maximum Gasteiger partial charge on any atom is 0.225 e. The average Bonchev–Trinajstić information content (AvgIpc) is 2.62. The number of nitriles is 1. The van der Waals surface area contributed by atoms with Gasteiger partial charge in [-0.05, 0) is 35.4 Å². The summed E-state index contributed by atoms with van der Waals surface area (Å²) in [6.45, 7) is 0. The van der Waals surface area contributed by atoms with Gasteiger partial charge in [-0.1, -0.05) is 57.3 Å². The van der Waals surface area contributed by atoms with Gasteiger partial charge in [0.2, 0.25) is 5.91 Å². The number of thioether (sulfide) groups is 1. The zero-order valence-corrected chi connectivity index (χ0v) is 17.3. The second kappa shape index (κ2) is 8.49. The molecule has 26 heavy (non-hydrogen) atoms. The fourth-order valence-corrected chi connectivity index (χ4v) is 4.48. The molecule has 1 heterocycles. The number of carbonyl (C=O) groups is 1. The molecule has 3 rings (SSSR count). The number of allylic oxidation sites excluding steroid dienone is 1. The van der Waals surface area contributed by atoms with Gasteiger partial charge in [-0.15, -0.1) is 11.8 Å². The third-order valence-electron chi connectivity index (χ3n) is 3.97. The first-order valence-corrected chi connectivity index (χ1v) is 10.3. The van der Waals surface area contributed by atoms with Gasteiger partial charge in [-0.3, -0.25) is 4.79 Å². The Labute approximate surface area is 174 Å². The molecule has 132 valence electrons. The third kappa shape index (κ3) is 4.44. The monoisotopic (exact) mass is 466 g/mol. The van der Waals surface area contributed by atoms with Crippen molar-refractivity contribution in [2.75, 3.05) is 0 Å². The highest BCUT2D eigenvalue weighted by molar-refractivity contribution is 9.10. The Morgan fingerprint density at radius 3 is 2.73 bits per heavy atom. The van der Waals surface area contributed by atoms with Crippen LogP contribution in [-0.4, -0.2) is 5.91 Å². The summed E-state index contributed by atoms with van der Waals surface area (Å²) in [6.07, 6.45) is 0.260. The standard InChI is InChI=1S/C19H13BrCl2N2OS/c20-13-3-1-2-12(7-13)14-8-18(25)24-19(15(14)9-23)26-10-11-4-5-16(21)17(22)6-11/h1-7,14H,8,10H2,(H,24,25)/t14-/m1/s1. The molecular formula is C19H13BrCl2N2OS. The minimum atomic E-state index is -0.248. The number of nitrogens with zero attached hydrogens (tertiary/aromatic N) is 1. The number of amides is 1. The first-order chi connectivity index (χ1) is 12.5. The van der Waals surface area contributed by atoms with Crippen LogP contribution in [0.4, 0.5) is 0 Å². The van der Waals surface area contributed by atoms with Crippen molar-refractivity contribution >= 4 is 56.8 Å². The maximum atomic E-state index is 12.2. The Hall–Kier alpha value is -1.45. The van der Waals surface area contributed by atoms with E-state index in [1.165, 1.54) is 11.8 Å². The fraction of sp³-hybridized carbons (Fsp3) is 0.158. The summed E-state index contributed by atoms with van der Waals surface area (Å²) in [5.74, 6) is 0.233. The highest BCUT2D eigenvalue weighted by Crippen LogP contribution is 2.37. The van der Waals surface area contributed by atoms with Crippen LogP contribution in [-0.2, 0) is 10.5 Å². The molecule has 0 unspecified atom stereocenters. The second-order valence-electron chi connectivity index (χ2n) is 5.75. The predicted octanol–water partition coefficient (Wildman–Crippen LogP) is 6.03. The van der Waals surface area contributed by atoms with Gasteiger partial charge in [0.05, 0.1) is 26.7 Å². The van der Waals surface area contributed by atoms with E-state index in [2.05, 4.69) is 27.3 Å². The molecule has 0 aromatic heterocycles. The van der Waals surface area contributed by atoms with E-state index in [9.17, 15) is 10.1 Å². The Morgan fingerprint density at radius 1 is 1.23 bits per heavy atom. The topological polar surface area (TPSA) is 52.9 Å². The Kier molecular flexibility index (Phi) is 6.31. The molecule has 0 bridgehead atoms. The molecule has 2 aromatic rings. The number of halogens is 3. The van der Waals surface area contributed by atoms with Gasteiger partial charge in [0.15, 0.2) is 0 Å². The number of nitrogens with one attached hydrogen (secondary N) is 1. The first kappa shape index (κ1) is 19.3. The average molecular weight is 468 g/mol. The summed E-state index contributed by atoms with van der Waals surface area (Å²) in [4.78, 5) is 12.2. The second-order valence-corrected chi connectivity index (χ2v) is 8.47. The van der Waals surface area contributed by atoms with Crippen LogP contribution in [0.25, 0.3) is 0 Å². The zero-order valence-electron chi connectivity index (χ0n) is 13.4. The van der Waals surface area contributed by atoms with Gasteiger partial charge in [0.25, 0.3) is 0 Å². The highest BCUT2D eigenvalue weighted by atomic mass is 79.9. The summed E-state index contributed by atoms with van der Waals surface area (Å²) < 4.78 is 0.920. The first-order valence-electron chi connectivity index (χ1n) is 7.74. The van der Waals surface area contributed by atoms with Gasteiger partial charge in [-0.25, -0.2) is 0 Å². The molecule has 0 saturated heterocycles. The number of rotatable bonds is 4. The summed E-state index contributed by atoms with van der Waals surface area (Å²) in [5, 5.41) is 14.1. The lowest BCUT2D eigenvalue weighted by Crippen LogP contribution is -2.30. The Bertz CT molecular complexity index is 939. The molecule has 1 N–H and O–H groups in total. The minimum absolute atomic E-state index is 0.0920. The fourth-order valence-electron chi connectivity index (χ4n) is 2.73. The van der Waals surface area contributed by atoms with Crippen LogP contribution in [0.5, 0.6) is 0 Å². The summed E-state index contributed by atoms with van der Waals surface area (Å²) in [7, 11) is 0. The lowest BCUT2D eigenvalue weighted by atomic mass is 9.87. The molecule has 3 nitrogen and oxygen atoms in total. The van der Waals surface area contributed by atoms with Crippen molar-refractivity contribution < 1.29 is 4.79 Å². The Morgan fingerprint density at radius 2 is 2.04 bits per heavy atom. The molecule has 1 amide bonds. The van der Waals surface area contributed by atoms with E-state index in [-0.39, 0.29) is 18.2 Å². The van der Waals surface area contributed by atoms with Crippen molar-refractivity contribution in [1.29, 1.82) is 5.26 Å². The SMILES string of the molecule is N#CC1=C(SCc2ccc(Cl)c(Cl)c2)NC(=O)C[C@@H]1c1cccc(Br)c1. The number of hydrogen-bond acceptors (Lipinski definition) is 3. The summed E-state index contributed by atoms with van der Waals surface area (Å²) in [5.41, 5.74) is 2.49. The van der Waals surface area contributed by atoms with Crippen LogP contribution in [0.2, 0.25) is 10.0 Å². The van der Waals surface area contributed by atoms with Gasteiger partial charge < -0.3 is 5.32 Å². The van der Waals surface area contributed by atoms with Crippen LogP contribution in [0.15, 0.2) is 57.5 Å². The lowest BCUT2D eigenvalue weighted by Gasteiger charge is -2.25. The van der Waals surface area contributed by atoms with E-state index < -0.39 is 0 Å². The van der Waals surface area contributed by atoms with E-state index in [1.807, 2.05) is 30.3 Å². The van der Waals surface area contributed by atoms with Gasteiger partial charge >= 0.3 is 0 Å². The lowest BCUT2D eigenvalue weighted by molar-refractivity contribution is -0.120. The maximum absolute atomic E-state index is 12.2. The molecule has 7 heteroatoms. The summed E-state index contributed by atoms with van der Waals surface area (Å²) in [6, 6.07) is 15.4. The van der Waals surface area contributed by atoms with Crippen LogP contribution in [0.3, 0.4) is 0 Å². The zero-order chi connectivity index (χ0) is 18.7. The van der Waals surface area contributed by atoms with E-state index in [1.54, 1.807) is 12.1 Å². The summed E-state index contributed by atoms with van der Waals surface area (Å²) >= 11 is 16.9. The van der Waals surface area contributed by atoms with E-state index in [0.717, 1.165) is 15.6 Å². The van der Waals surface area contributed by atoms with E-state index in [0.29, 0.717) is 26.4 Å². The minimum Gasteiger partial charge on any atom is -0.320 e. The smallest absolute Gasteiger partial charge is 0.225 e. The van der Waals surface area contributed by atoms with Crippen LogP contribution >= 0.6 is 50.9 Å². The molecule has 0 spiro atoms. The van der Waals surface area contributed by atoms with E-state index >= 15 is 0 Å². The predicted molar refractivity (Wildman–Crippen MR) is 110 cm³/mol. The van der Waals surface area contributed by atoms with Crippen molar-refractivity contribution in [1.82, 2.24) is 5.32 Å². The molecule has 0 aliphatic carbocycles. The normalized spacial score (nSPS) is 17.0. The quantitative estimate of drug-likeness (QED) is 0.597.